The molecule has 0 unspecified atom stereocenters. The summed E-state index contributed by atoms with van der Waals surface area (Å²) in [5.74, 6) is -1.53. The molecule has 3 aromatic rings. The predicted octanol–water partition coefficient (Wildman–Crippen LogP) is 3.76. The van der Waals surface area contributed by atoms with Crippen molar-refractivity contribution in [2.45, 2.75) is 0 Å². The van der Waals surface area contributed by atoms with Crippen LogP contribution in [0.2, 0.25) is 10.0 Å². The van der Waals surface area contributed by atoms with Crippen LogP contribution in [0, 0.1) is 5.82 Å². The summed E-state index contributed by atoms with van der Waals surface area (Å²) in [5, 5.41) is 1.47. The maximum atomic E-state index is 13.8. The lowest BCUT2D eigenvalue weighted by molar-refractivity contribution is 0.100. The van der Waals surface area contributed by atoms with Gasteiger partial charge in [0.1, 0.15) is 5.82 Å². The van der Waals surface area contributed by atoms with Gasteiger partial charge in [-0.05, 0) is 18.2 Å². The molecule has 1 amide bonds. The average Bonchev–Trinajstić information content (AvgIpc) is 2.57. The van der Waals surface area contributed by atoms with Crippen molar-refractivity contribution in [1.82, 2.24) is 4.98 Å². The molecule has 8 heteroatoms. The summed E-state index contributed by atoms with van der Waals surface area (Å²) in [6.07, 6.45) is 1.44. The number of aliphatic imine (C=N–C) groups is 1. The second kappa shape index (κ2) is 6.66. The van der Waals surface area contributed by atoms with Crippen LogP contribution in [0.4, 0.5) is 4.39 Å². The summed E-state index contributed by atoms with van der Waals surface area (Å²) in [4.78, 5) is 19.8. The molecule has 2 aromatic carbocycles. The van der Waals surface area contributed by atoms with Crippen molar-refractivity contribution in [3.05, 3.63) is 64.0 Å². The Morgan fingerprint density at radius 1 is 1.12 bits per heavy atom. The Balaban J connectivity index is 2.29. The van der Waals surface area contributed by atoms with E-state index in [2.05, 4.69) is 9.98 Å². The van der Waals surface area contributed by atoms with Gasteiger partial charge in [-0.25, -0.2) is 4.39 Å². The molecule has 0 aliphatic heterocycles. The highest BCUT2D eigenvalue weighted by atomic mass is 35.5. The lowest BCUT2D eigenvalue weighted by Gasteiger charge is -2.10. The Bertz CT molecular complexity index is 1030. The van der Waals surface area contributed by atoms with Crippen LogP contribution in [-0.2, 0) is 0 Å². The molecular weight excluding hydrogens is 366 g/mol. The van der Waals surface area contributed by atoms with Crippen molar-refractivity contribution < 1.29 is 9.18 Å². The van der Waals surface area contributed by atoms with Crippen LogP contribution in [0.5, 0.6) is 0 Å². The van der Waals surface area contributed by atoms with Gasteiger partial charge in [-0.2, -0.15) is 4.99 Å². The highest BCUT2D eigenvalue weighted by Gasteiger charge is 2.16. The van der Waals surface area contributed by atoms with Gasteiger partial charge >= 0.3 is 0 Å². The topological polar surface area (TPSA) is 94.4 Å². The fraction of sp³-hybridized carbons (Fsp3) is 0. The summed E-state index contributed by atoms with van der Waals surface area (Å²) in [5.41, 5.74) is 11.5. The average molecular weight is 377 g/mol. The van der Waals surface area contributed by atoms with Crippen LogP contribution in [0.1, 0.15) is 10.4 Å². The number of carbonyl (C=O) groups excluding carboxylic acids is 1. The molecule has 4 N–H and O–H groups in total. The number of hydrogen-bond donors (Lipinski definition) is 2. The second-order valence-electron chi connectivity index (χ2n) is 5.16. The molecule has 0 bridgehead atoms. The van der Waals surface area contributed by atoms with E-state index in [1.807, 2.05) is 0 Å². The SMILES string of the molecule is NC(N)=NC(=O)c1ccc2c(Cl)cnc(-c3cccc(F)c3Cl)c2c1. The van der Waals surface area contributed by atoms with Crippen LogP contribution in [0.15, 0.2) is 47.6 Å². The number of halogens is 3. The van der Waals surface area contributed by atoms with Crippen LogP contribution in [-0.4, -0.2) is 16.9 Å². The van der Waals surface area contributed by atoms with E-state index in [1.54, 1.807) is 24.3 Å². The second-order valence-corrected chi connectivity index (χ2v) is 5.94. The summed E-state index contributed by atoms with van der Waals surface area (Å²) in [6, 6.07) is 9.13. The largest absolute Gasteiger partial charge is 0.370 e. The molecule has 0 atom stereocenters. The van der Waals surface area contributed by atoms with E-state index in [1.165, 1.54) is 18.3 Å². The summed E-state index contributed by atoms with van der Waals surface area (Å²) < 4.78 is 13.8. The molecule has 0 radical (unpaired) electrons. The maximum Gasteiger partial charge on any atom is 0.280 e. The summed E-state index contributed by atoms with van der Waals surface area (Å²) in [6.45, 7) is 0. The molecule has 0 saturated carbocycles. The van der Waals surface area contributed by atoms with Crippen molar-refractivity contribution in [2.75, 3.05) is 0 Å². The van der Waals surface area contributed by atoms with Crippen molar-refractivity contribution in [1.29, 1.82) is 0 Å². The molecule has 25 heavy (non-hydrogen) atoms. The smallest absolute Gasteiger partial charge is 0.280 e. The number of amides is 1. The molecule has 0 spiro atoms. The maximum absolute atomic E-state index is 13.8. The minimum absolute atomic E-state index is 0.0698. The fourth-order valence-corrected chi connectivity index (χ4v) is 2.85. The van der Waals surface area contributed by atoms with E-state index < -0.39 is 11.7 Å². The number of aromatic nitrogens is 1. The zero-order chi connectivity index (χ0) is 18.1. The van der Waals surface area contributed by atoms with Gasteiger partial charge in [0.25, 0.3) is 5.91 Å². The molecule has 0 saturated heterocycles. The highest BCUT2D eigenvalue weighted by molar-refractivity contribution is 6.36. The zero-order valence-electron chi connectivity index (χ0n) is 12.6. The van der Waals surface area contributed by atoms with Gasteiger partial charge in [0.15, 0.2) is 5.96 Å². The number of rotatable bonds is 2. The molecule has 1 heterocycles. The third kappa shape index (κ3) is 3.26. The first-order valence-corrected chi connectivity index (χ1v) is 7.80. The Morgan fingerprint density at radius 3 is 2.60 bits per heavy atom. The van der Waals surface area contributed by atoms with Crippen LogP contribution in [0.25, 0.3) is 22.0 Å². The van der Waals surface area contributed by atoms with E-state index in [0.717, 1.165) is 0 Å². The molecular formula is C17H11Cl2FN4O. The summed E-state index contributed by atoms with van der Waals surface area (Å²) >= 11 is 12.3. The Kier molecular flexibility index (Phi) is 4.57. The normalized spacial score (nSPS) is 10.7. The van der Waals surface area contributed by atoms with E-state index in [0.29, 0.717) is 27.1 Å². The van der Waals surface area contributed by atoms with Crippen molar-refractivity contribution in [3.8, 4) is 11.3 Å². The van der Waals surface area contributed by atoms with E-state index in [-0.39, 0.29) is 16.5 Å². The number of nitrogens with zero attached hydrogens (tertiary/aromatic N) is 2. The Hall–Kier alpha value is -2.70. The number of benzene rings is 2. The van der Waals surface area contributed by atoms with Gasteiger partial charge in [0.05, 0.1) is 15.7 Å². The molecule has 3 rings (SSSR count). The van der Waals surface area contributed by atoms with E-state index in [4.69, 9.17) is 34.7 Å². The monoisotopic (exact) mass is 376 g/mol. The fourth-order valence-electron chi connectivity index (χ4n) is 2.42. The highest BCUT2D eigenvalue weighted by Crippen LogP contribution is 2.36. The number of hydrogen-bond acceptors (Lipinski definition) is 2. The number of carbonyl (C=O) groups is 1. The molecule has 5 nitrogen and oxygen atoms in total. The first-order valence-electron chi connectivity index (χ1n) is 7.05. The van der Waals surface area contributed by atoms with Gasteiger partial charge < -0.3 is 11.5 Å². The van der Waals surface area contributed by atoms with Gasteiger partial charge in [-0.15, -0.1) is 0 Å². The first kappa shape index (κ1) is 17.1. The van der Waals surface area contributed by atoms with Crippen LogP contribution in [0.3, 0.4) is 0 Å². The number of nitrogens with two attached hydrogens (primary N) is 2. The van der Waals surface area contributed by atoms with Gasteiger partial charge in [0.2, 0.25) is 0 Å². The summed E-state index contributed by atoms with van der Waals surface area (Å²) in [7, 11) is 0. The molecule has 1 aromatic heterocycles. The van der Waals surface area contributed by atoms with Gasteiger partial charge in [-0.3, -0.25) is 9.78 Å². The lowest BCUT2D eigenvalue weighted by Crippen LogP contribution is -2.24. The third-order valence-corrected chi connectivity index (χ3v) is 4.21. The number of pyridine rings is 1. The minimum atomic E-state index is -0.613. The predicted molar refractivity (Wildman–Crippen MR) is 97.3 cm³/mol. The standard InChI is InChI=1S/C17H11Cl2FN4O/c18-12-7-23-15(10-2-1-3-13(20)14(10)19)11-6-8(4-5-9(11)12)16(25)24-17(21)22/h1-7H,(H4,21,22,24,25). The van der Waals surface area contributed by atoms with E-state index in [9.17, 15) is 9.18 Å². The Labute approximate surface area is 152 Å². The molecule has 0 fully saturated rings. The van der Waals surface area contributed by atoms with Gasteiger partial charge in [0, 0.05) is 28.1 Å². The number of guanidine groups is 1. The minimum Gasteiger partial charge on any atom is -0.370 e. The van der Waals surface area contributed by atoms with Crippen LogP contribution >= 0.6 is 23.2 Å². The lowest BCUT2D eigenvalue weighted by atomic mass is 10.0. The van der Waals surface area contributed by atoms with Crippen molar-refractivity contribution in [2.24, 2.45) is 16.5 Å². The number of fused-ring (bicyclic) bond motifs is 1. The van der Waals surface area contributed by atoms with E-state index >= 15 is 0 Å². The molecule has 0 aliphatic rings. The quantitative estimate of drug-likeness (QED) is 0.525. The van der Waals surface area contributed by atoms with Crippen molar-refractivity contribution in [3.63, 3.8) is 0 Å². The van der Waals surface area contributed by atoms with Gasteiger partial charge in [-0.1, -0.05) is 41.4 Å². The van der Waals surface area contributed by atoms with Crippen molar-refractivity contribution >= 4 is 45.8 Å². The Morgan fingerprint density at radius 2 is 1.88 bits per heavy atom. The third-order valence-electron chi connectivity index (χ3n) is 3.52. The van der Waals surface area contributed by atoms with Crippen LogP contribution < -0.4 is 11.5 Å². The molecule has 0 aliphatic carbocycles. The molecule has 126 valence electrons. The first-order chi connectivity index (χ1) is 11.9. The zero-order valence-corrected chi connectivity index (χ0v) is 14.1.